The highest BCUT2D eigenvalue weighted by molar-refractivity contribution is 5.75. The summed E-state index contributed by atoms with van der Waals surface area (Å²) in [6, 6.07) is 5.33. The number of halogens is 3. The standard InChI is InChI=1S/C18H22F3N3O6/c1-2-9-23(14-7-10-22(11-8-14)30-16(25)18(19,20)21)17(26)29-12-13-3-5-15(6-4-13)24(27)28/h3-6,14H,2,7-12H2,1H3. The van der Waals surface area contributed by atoms with Crippen molar-refractivity contribution in [3.05, 3.63) is 39.9 Å². The Morgan fingerprint density at radius 1 is 1.23 bits per heavy atom. The molecule has 1 aliphatic rings. The zero-order valence-electron chi connectivity index (χ0n) is 16.3. The van der Waals surface area contributed by atoms with Crippen molar-refractivity contribution in [3.8, 4) is 0 Å². The smallest absolute Gasteiger partial charge is 0.445 e. The lowest BCUT2D eigenvalue weighted by Gasteiger charge is -2.36. The van der Waals surface area contributed by atoms with Gasteiger partial charge in [0, 0.05) is 37.8 Å². The highest BCUT2D eigenvalue weighted by Crippen LogP contribution is 2.22. The number of hydroxylamine groups is 2. The summed E-state index contributed by atoms with van der Waals surface area (Å²) in [6.07, 6.45) is -4.36. The van der Waals surface area contributed by atoms with Gasteiger partial charge in [-0.25, -0.2) is 9.59 Å². The largest absolute Gasteiger partial charge is 0.492 e. The second kappa shape index (κ2) is 10.2. The van der Waals surface area contributed by atoms with Crippen LogP contribution in [0.1, 0.15) is 31.7 Å². The Labute approximate surface area is 170 Å². The fourth-order valence-electron chi connectivity index (χ4n) is 3.02. The number of carbonyl (C=O) groups excluding carboxylic acids is 2. The average molecular weight is 433 g/mol. The summed E-state index contributed by atoms with van der Waals surface area (Å²) >= 11 is 0. The molecule has 0 N–H and O–H groups in total. The SMILES string of the molecule is CCCN(C(=O)OCc1ccc([N+](=O)[O-])cc1)C1CCN(OC(=O)C(F)(F)F)CC1. The van der Waals surface area contributed by atoms with E-state index in [2.05, 4.69) is 4.84 Å². The van der Waals surface area contributed by atoms with Crippen LogP contribution in [0.2, 0.25) is 0 Å². The zero-order valence-corrected chi connectivity index (χ0v) is 16.3. The quantitative estimate of drug-likeness (QED) is 0.480. The van der Waals surface area contributed by atoms with Gasteiger partial charge in [-0.05, 0) is 37.0 Å². The molecule has 2 rings (SSSR count). The van der Waals surface area contributed by atoms with E-state index in [9.17, 15) is 32.9 Å². The number of hydrogen-bond donors (Lipinski definition) is 0. The van der Waals surface area contributed by atoms with Gasteiger partial charge in [-0.3, -0.25) is 10.1 Å². The average Bonchev–Trinajstić information content (AvgIpc) is 2.70. The molecule has 30 heavy (non-hydrogen) atoms. The Bertz CT molecular complexity index is 749. The molecule has 0 radical (unpaired) electrons. The highest BCUT2D eigenvalue weighted by atomic mass is 19.4. The lowest BCUT2D eigenvalue weighted by Crippen LogP contribution is -2.48. The Kier molecular flexibility index (Phi) is 7.98. The fourth-order valence-corrected chi connectivity index (χ4v) is 3.02. The maximum absolute atomic E-state index is 12.5. The first kappa shape index (κ1) is 23.4. The summed E-state index contributed by atoms with van der Waals surface area (Å²) in [7, 11) is 0. The monoisotopic (exact) mass is 433 g/mol. The molecule has 0 bridgehead atoms. The number of amides is 1. The van der Waals surface area contributed by atoms with Crippen molar-refractivity contribution in [2.24, 2.45) is 0 Å². The minimum absolute atomic E-state index is 0.0579. The lowest BCUT2D eigenvalue weighted by molar-refractivity contribution is -0.384. The van der Waals surface area contributed by atoms with Crippen LogP contribution in [0.15, 0.2) is 24.3 Å². The molecule has 0 aliphatic carbocycles. The van der Waals surface area contributed by atoms with E-state index in [-0.39, 0.29) is 31.4 Å². The first-order valence-corrected chi connectivity index (χ1v) is 9.32. The summed E-state index contributed by atoms with van der Waals surface area (Å²) < 4.78 is 42.2. The van der Waals surface area contributed by atoms with Crippen LogP contribution in [0.4, 0.5) is 23.7 Å². The van der Waals surface area contributed by atoms with Gasteiger partial charge in [-0.15, -0.1) is 5.06 Å². The van der Waals surface area contributed by atoms with Gasteiger partial charge >= 0.3 is 18.2 Å². The first-order chi connectivity index (χ1) is 14.1. The second-order valence-corrected chi connectivity index (χ2v) is 6.71. The predicted molar refractivity (Wildman–Crippen MR) is 97.0 cm³/mol. The predicted octanol–water partition coefficient (Wildman–Crippen LogP) is 3.43. The molecule has 0 saturated carbocycles. The van der Waals surface area contributed by atoms with Gasteiger partial charge in [0.25, 0.3) is 5.69 Å². The van der Waals surface area contributed by atoms with Crippen molar-refractivity contribution in [2.75, 3.05) is 19.6 Å². The van der Waals surface area contributed by atoms with Crippen molar-refractivity contribution < 1.29 is 37.3 Å². The van der Waals surface area contributed by atoms with Crippen LogP contribution in [-0.2, 0) is 21.0 Å². The number of carbonyl (C=O) groups is 2. The van der Waals surface area contributed by atoms with Crippen LogP contribution in [0.25, 0.3) is 0 Å². The van der Waals surface area contributed by atoms with E-state index in [0.29, 0.717) is 31.4 Å². The maximum atomic E-state index is 12.5. The molecule has 1 amide bonds. The Morgan fingerprint density at radius 3 is 2.33 bits per heavy atom. The number of nitrogens with zero attached hydrogens (tertiary/aromatic N) is 3. The molecular weight excluding hydrogens is 411 g/mol. The number of hydrogen-bond acceptors (Lipinski definition) is 7. The number of non-ortho nitro benzene ring substituents is 1. The molecule has 1 saturated heterocycles. The number of rotatable bonds is 7. The van der Waals surface area contributed by atoms with Gasteiger partial charge in [0.1, 0.15) is 6.61 Å². The second-order valence-electron chi connectivity index (χ2n) is 6.71. The van der Waals surface area contributed by atoms with Gasteiger partial charge < -0.3 is 14.5 Å². The van der Waals surface area contributed by atoms with Crippen molar-refractivity contribution in [3.63, 3.8) is 0 Å². The van der Waals surface area contributed by atoms with E-state index in [1.807, 2.05) is 6.92 Å². The summed E-state index contributed by atoms with van der Waals surface area (Å²) in [6.45, 7) is 2.31. The van der Waals surface area contributed by atoms with Crippen LogP contribution >= 0.6 is 0 Å². The third kappa shape index (κ3) is 6.58. The molecule has 1 fully saturated rings. The number of piperidine rings is 1. The van der Waals surface area contributed by atoms with Crippen molar-refractivity contribution in [1.29, 1.82) is 0 Å². The van der Waals surface area contributed by atoms with E-state index in [1.54, 1.807) is 0 Å². The molecule has 12 heteroatoms. The molecule has 1 aromatic carbocycles. The molecular formula is C18H22F3N3O6. The molecule has 1 heterocycles. The summed E-state index contributed by atoms with van der Waals surface area (Å²) in [5.74, 6) is -2.27. The summed E-state index contributed by atoms with van der Waals surface area (Å²) in [5.41, 5.74) is 0.509. The number of benzene rings is 1. The normalized spacial score (nSPS) is 15.5. The van der Waals surface area contributed by atoms with Crippen LogP contribution in [0.3, 0.4) is 0 Å². The third-order valence-electron chi connectivity index (χ3n) is 4.52. The van der Waals surface area contributed by atoms with Gasteiger partial charge in [0.05, 0.1) is 4.92 Å². The molecule has 166 valence electrons. The number of nitro benzene ring substituents is 1. The third-order valence-corrected chi connectivity index (χ3v) is 4.52. The minimum Gasteiger partial charge on any atom is -0.445 e. The van der Waals surface area contributed by atoms with E-state index in [4.69, 9.17) is 4.74 Å². The molecule has 1 aromatic rings. The lowest BCUT2D eigenvalue weighted by atomic mass is 10.0. The van der Waals surface area contributed by atoms with Gasteiger partial charge in [0.15, 0.2) is 0 Å². The van der Waals surface area contributed by atoms with Gasteiger partial charge in [-0.2, -0.15) is 13.2 Å². The summed E-state index contributed by atoms with van der Waals surface area (Å²) in [5, 5.41) is 11.6. The van der Waals surface area contributed by atoms with Crippen molar-refractivity contribution in [1.82, 2.24) is 9.96 Å². The fraction of sp³-hybridized carbons (Fsp3) is 0.556. The molecule has 0 atom stereocenters. The Balaban J connectivity index is 1.88. The highest BCUT2D eigenvalue weighted by Gasteiger charge is 2.43. The molecule has 0 unspecified atom stereocenters. The summed E-state index contributed by atoms with van der Waals surface area (Å²) in [4.78, 5) is 39.4. The molecule has 0 spiro atoms. The molecule has 9 nitrogen and oxygen atoms in total. The van der Waals surface area contributed by atoms with Crippen LogP contribution < -0.4 is 0 Å². The van der Waals surface area contributed by atoms with E-state index in [0.717, 1.165) is 5.06 Å². The van der Waals surface area contributed by atoms with Gasteiger partial charge in [-0.1, -0.05) is 6.92 Å². The maximum Gasteiger partial charge on any atom is 0.492 e. The van der Waals surface area contributed by atoms with Crippen molar-refractivity contribution >= 4 is 17.7 Å². The molecule has 1 aliphatic heterocycles. The number of ether oxygens (including phenoxy) is 1. The Hall–Kier alpha value is -2.89. The van der Waals surface area contributed by atoms with Crippen LogP contribution in [0, 0.1) is 10.1 Å². The zero-order chi connectivity index (χ0) is 22.3. The number of nitro groups is 1. The first-order valence-electron chi connectivity index (χ1n) is 9.32. The molecule has 0 aromatic heterocycles. The van der Waals surface area contributed by atoms with E-state index in [1.165, 1.54) is 29.2 Å². The van der Waals surface area contributed by atoms with Crippen LogP contribution in [-0.4, -0.2) is 58.8 Å². The van der Waals surface area contributed by atoms with Gasteiger partial charge in [0.2, 0.25) is 0 Å². The van der Waals surface area contributed by atoms with E-state index >= 15 is 0 Å². The number of alkyl halides is 3. The topological polar surface area (TPSA) is 102 Å². The van der Waals surface area contributed by atoms with E-state index < -0.39 is 23.2 Å². The Morgan fingerprint density at radius 2 is 1.83 bits per heavy atom. The van der Waals surface area contributed by atoms with Crippen molar-refractivity contribution in [2.45, 2.75) is 45.0 Å². The van der Waals surface area contributed by atoms with Crippen LogP contribution in [0.5, 0.6) is 0 Å². The minimum atomic E-state index is -5.06.